The minimum Gasteiger partial charge on any atom is -0.497 e. The summed E-state index contributed by atoms with van der Waals surface area (Å²) < 4.78 is 10.9. The van der Waals surface area contributed by atoms with Gasteiger partial charge in [-0.2, -0.15) is 0 Å². The minimum absolute atomic E-state index is 0.0367. The topological polar surface area (TPSA) is 52.0 Å². The zero-order chi connectivity index (χ0) is 20.2. The number of anilines is 1. The van der Waals surface area contributed by atoms with Crippen molar-refractivity contribution in [1.29, 1.82) is 0 Å². The lowest BCUT2D eigenvalue weighted by molar-refractivity contribution is -0.910. The number of fused-ring (bicyclic) bond motifs is 1. The summed E-state index contributed by atoms with van der Waals surface area (Å²) in [6.45, 7) is 1.41. The third kappa shape index (κ3) is 4.20. The first-order valence-electron chi connectivity index (χ1n) is 10.0. The van der Waals surface area contributed by atoms with Crippen LogP contribution in [-0.4, -0.2) is 33.2 Å². The van der Waals surface area contributed by atoms with Gasteiger partial charge in [0.15, 0.2) is 6.54 Å². The molecule has 29 heavy (non-hydrogen) atoms. The van der Waals surface area contributed by atoms with E-state index >= 15 is 0 Å². The third-order valence-corrected chi connectivity index (χ3v) is 5.72. The average molecular weight is 391 g/mol. The summed E-state index contributed by atoms with van der Waals surface area (Å²) in [7, 11) is 3.33. The number of carbonyl (C=O) groups is 1. The van der Waals surface area contributed by atoms with Crippen LogP contribution >= 0.6 is 0 Å². The van der Waals surface area contributed by atoms with Gasteiger partial charge in [0.25, 0.3) is 5.91 Å². The van der Waals surface area contributed by atoms with Crippen LogP contribution < -0.4 is 19.7 Å². The van der Waals surface area contributed by atoms with Crippen molar-refractivity contribution in [2.24, 2.45) is 0 Å². The maximum Gasteiger partial charge on any atom is 0.279 e. The molecule has 0 spiro atoms. The average Bonchev–Trinajstić information content (AvgIpc) is 3.20. The Morgan fingerprint density at radius 1 is 1.03 bits per heavy atom. The molecule has 1 aliphatic rings. The second-order valence-electron chi connectivity index (χ2n) is 7.50. The van der Waals surface area contributed by atoms with Crippen LogP contribution in [0.25, 0.3) is 10.8 Å². The number of methoxy groups -OCH3 is 2. The van der Waals surface area contributed by atoms with Crippen molar-refractivity contribution >= 4 is 22.4 Å². The first-order valence-corrected chi connectivity index (χ1v) is 10.0. The number of carbonyl (C=O) groups excluding carboxylic acids is 1. The fraction of sp³-hybridized carbons (Fsp3) is 0.292. The molecule has 2 atom stereocenters. The maximum atomic E-state index is 12.8. The van der Waals surface area contributed by atoms with Crippen LogP contribution in [0.1, 0.15) is 24.4 Å². The fourth-order valence-electron chi connectivity index (χ4n) is 4.28. The van der Waals surface area contributed by atoms with E-state index in [1.807, 2.05) is 42.5 Å². The van der Waals surface area contributed by atoms with Gasteiger partial charge in [0.2, 0.25) is 0 Å². The van der Waals surface area contributed by atoms with Crippen molar-refractivity contribution in [1.82, 2.24) is 0 Å². The molecule has 1 aliphatic heterocycles. The Hall–Kier alpha value is -3.05. The molecule has 5 nitrogen and oxygen atoms in total. The van der Waals surface area contributed by atoms with Crippen LogP contribution in [0.15, 0.2) is 60.7 Å². The lowest BCUT2D eigenvalue weighted by atomic mass is 10.0. The van der Waals surface area contributed by atoms with E-state index in [0.717, 1.165) is 47.5 Å². The summed E-state index contributed by atoms with van der Waals surface area (Å²) >= 11 is 0. The van der Waals surface area contributed by atoms with Crippen LogP contribution in [-0.2, 0) is 4.79 Å². The summed E-state index contributed by atoms with van der Waals surface area (Å²) in [5.74, 6) is 1.64. The molecule has 1 fully saturated rings. The number of hydrogen-bond acceptors (Lipinski definition) is 3. The normalized spacial score (nSPS) is 18.6. The molecule has 0 radical (unpaired) electrons. The summed E-state index contributed by atoms with van der Waals surface area (Å²) in [6.07, 6.45) is 2.14. The van der Waals surface area contributed by atoms with E-state index in [0.29, 0.717) is 6.54 Å². The van der Waals surface area contributed by atoms with Crippen molar-refractivity contribution in [2.75, 3.05) is 32.6 Å². The number of rotatable bonds is 6. The van der Waals surface area contributed by atoms with Gasteiger partial charge in [0, 0.05) is 24.6 Å². The van der Waals surface area contributed by atoms with Gasteiger partial charge in [-0.15, -0.1) is 0 Å². The molecule has 1 heterocycles. The zero-order valence-corrected chi connectivity index (χ0v) is 16.9. The molecule has 4 rings (SSSR count). The van der Waals surface area contributed by atoms with E-state index in [1.165, 1.54) is 10.3 Å². The Morgan fingerprint density at radius 2 is 1.86 bits per heavy atom. The largest absolute Gasteiger partial charge is 0.497 e. The van der Waals surface area contributed by atoms with Gasteiger partial charge < -0.3 is 19.7 Å². The number of ether oxygens (including phenoxy) is 2. The van der Waals surface area contributed by atoms with Crippen molar-refractivity contribution in [3.05, 3.63) is 66.2 Å². The molecule has 2 N–H and O–H groups in total. The van der Waals surface area contributed by atoms with E-state index in [1.54, 1.807) is 14.2 Å². The second kappa shape index (κ2) is 8.53. The Balaban J connectivity index is 1.47. The molecule has 3 aromatic rings. The zero-order valence-electron chi connectivity index (χ0n) is 16.9. The molecule has 0 saturated carbocycles. The number of nitrogens with one attached hydrogen (secondary N) is 2. The maximum absolute atomic E-state index is 12.8. The van der Waals surface area contributed by atoms with Crippen molar-refractivity contribution < 1.29 is 19.2 Å². The molecule has 0 aliphatic carbocycles. The highest BCUT2D eigenvalue weighted by Gasteiger charge is 2.33. The molecule has 1 unspecified atom stereocenters. The second-order valence-corrected chi connectivity index (χ2v) is 7.50. The Bertz CT molecular complexity index is 1020. The van der Waals surface area contributed by atoms with Gasteiger partial charge in [-0.1, -0.05) is 30.3 Å². The van der Waals surface area contributed by atoms with Crippen LogP contribution in [0.5, 0.6) is 11.5 Å². The molecule has 1 amide bonds. The quantitative estimate of drug-likeness (QED) is 0.678. The van der Waals surface area contributed by atoms with Gasteiger partial charge in [-0.25, -0.2) is 0 Å². The highest BCUT2D eigenvalue weighted by atomic mass is 16.5. The first kappa shape index (κ1) is 19.3. The Labute approximate surface area is 171 Å². The van der Waals surface area contributed by atoms with Crippen molar-refractivity contribution in [2.45, 2.75) is 18.9 Å². The molecule has 5 heteroatoms. The van der Waals surface area contributed by atoms with E-state index in [9.17, 15) is 4.79 Å². The first-order chi connectivity index (χ1) is 14.2. The molecule has 3 aromatic carbocycles. The van der Waals surface area contributed by atoms with Crippen molar-refractivity contribution in [3.63, 3.8) is 0 Å². The van der Waals surface area contributed by atoms with Crippen LogP contribution in [0, 0.1) is 0 Å². The molecule has 0 aromatic heterocycles. The highest BCUT2D eigenvalue weighted by Crippen LogP contribution is 2.31. The standard InChI is InChI=1S/C24H26N2O3/c1-28-20-11-12-21(23(15-20)29-2)22-8-5-13-26(22)16-24(27)25-19-10-9-17-6-3-4-7-18(17)14-19/h3-4,6-7,9-12,14-15,22H,5,8,13,16H2,1-2H3,(H,25,27)/p+1/t22-/m0/s1. The fourth-order valence-corrected chi connectivity index (χ4v) is 4.28. The van der Waals surface area contributed by atoms with Gasteiger partial charge in [-0.3, -0.25) is 4.79 Å². The molecular formula is C24H27N2O3+. The number of hydrogen-bond donors (Lipinski definition) is 2. The smallest absolute Gasteiger partial charge is 0.279 e. The van der Waals surface area contributed by atoms with Crippen molar-refractivity contribution in [3.8, 4) is 11.5 Å². The van der Waals surface area contributed by atoms with Gasteiger partial charge >= 0.3 is 0 Å². The van der Waals surface area contributed by atoms with E-state index in [-0.39, 0.29) is 11.9 Å². The van der Waals surface area contributed by atoms with Crippen LogP contribution in [0.4, 0.5) is 5.69 Å². The SMILES string of the molecule is COc1ccc([C@@H]2CCC[NH+]2CC(=O)Nc2ccc3ccccc3c2)c(OC)c1. The Kier molecular flexibility index (Phi) is 5.67. The van der Waals surface area contributed by atoms with Crippen LogP contribution in [0.3, 0.4) is 0 Å². The van der Waals surface area contributed by atoms with Crippen LogP contribution in [0.2, 0.25) is 0 Å². The molecular weight excluding hydrogens is 364 g/mol. The number of amides is 1. The Morgan fingerprint density at radius 3 is 2.66 bits per heavy atom. The van der Waals surface area contributed by atoms with E-state index in [2.05, 4.69) is 23.5 Å². The van der Waals surface area contributed by atoms with Gasteiger partial charge in [0.05, 0.1) is 26.3 Å². The summed E-state index contributed by atoms with van der Waals surface area (Å²) in [6, 6.07) is 20.4. The predicted molar refractivity (Wildman–Crippen MR) is 115 cm³/mol. The van der Waals surface area contributed by atoms with E-state index in [4.69, 9.17) is 9.47 Å². The summed E-state index contributed by atoms with van der Waals surface area (Å²) in [5, 5.41) is 5.36. The minimum atomic E-state index is 0.0367. The molecule has 1 saturated heterocycles. The highest BCUT2D eigenvalue weighted by molar-refractivity contribution is 5.94. The lowest BCUT2D eigenvalue weighted by Crippen LogP contribution is -3.11. The number of benzene rings is 3. The molecule has 0 bridgehead atoms. The lowest BCUT2D eigenvalue weighted by Gasteiger charge is -2.23. The van der Waals surface area contributed by atoms with Gasteiger partial charge in [0.1, 0.15) is 17.5 Å². The predicted octanol–water partition coefficient (Wildman–Crippen LogP) is 3.22. The molecule has 150 valence electrons. The number of quaternary nitrogens is 1. The van der Waals surface area contributed by atoms with Gasteiger partial charge in [-0.05, 0) is 35.0 Å². The van der Waals surface area contributed by atoms with E-state index < -0.39 is 0 Å². The monoisotopic (exact) mass is 391 g/mol. The summed E-state index contributed by atoms with van der Waals surface area (Å²) in [4.78, 5) is 14.0. The third-order valence-electron chi connectivity index (χ3n) is 5.72. The number of likely N-dealkylation sites (tertiary alicyclic amines) is 1. The summed E-state index contributed by atoms with van der Waals surface area (Å²) in [5.41, 5.74) is 1.98.